The Morgan fingerprint density at radius 1 is 1.40 bits per heavy atom. The lowest BCUT2D eigenvalue weighted by atomic mass is 9.96. The van der Waals surface area contributed by atoms with Crippen LogP contribution in [0.25, 0.3) is 0 Å². The van der Waals surface area contributed by atoms with E-state index in [9.17, 15) is 18.0 Å². The molecule has 1 heterocycles. The van der Waals surface area contributed by atoms with Gasteiger partial charge in [0.1, 0.15) is 0 Å². The Balaban J connectivity index is 2.01. The topological polar surface area (TPSA) is 40.5 Å². The van der Waals surface area contributed by atoms with Gasteiger partial charge in [0.25, 0.3) is 0 Å². The Bertz CT molecular complexity index is 224. The first-order valence-corrected chi connectivity index (χ1v) is 4.88. The summed E-state index contributed by atoms with van der Waals surface area (Å²) >= 11 is 0. The van der Waals surface area contributed by atoms with Gasteiger partial charge in [-0.2, -0.15) is 13.2 Å². The average Bonchev–Trinajstić information content (AvgIpc) is 1.96. The molecule has 1 N–H and O–H groups in total. The van der Waals surface area contributed by atoms with Gasteiger partial charge >= 0.3 is 12.1 Å². The zero-order valence-electron chi connectivity index (χ0n) is 8.26. The molecular formula is C9H14F3NO2. The zero-order valence-corrected chi connectivity index (χ0v) is 8.26. The monoisotopic (exact) mass is 225 g/mol. The molecule has 0 amide bonds. The molecule has 1 fully saturated rings. The Kier molecular flexibility index (Phi) is 3.96. The third-order valence-electron chi connectivity index (χ3n) is 2.43. The molecule has 0 aliphatic carbocycles. The van der Waals surface area contributed by atoms with E-state index in [0.717, 1.165) is 0 Å². The van der Waals surface area contributed by atoms with Crippen LogP contribution in [0, 0.1) is 5.92 Å². The standard InChI is InChI=1S/C9H14F3NO2/c10-9(11,12)2-1-3-13-5-7(6-13)4-8(14)15/h7H,1-6H2,(H,14,15). The van der Waals surface area contributed by atoms with E-state index in [-0.39, 0.29) is 18.8 Å². The molecule has 1 aliphatic heterocycles. The summed E-state index contributed by atoms with van der Waals surface area (Å²) in [6.07, 6.45) is -4.61. The molecule has 1 rings (SSSR count). The Labute approximate surface area is 85.9 Å². The fourth-order valence-corrected chi connectivity index (χ4v) is 1.74. The van der Waals surface area contributed by atoms with E-state index in [1.54, 1.807) is 0 Å². The van der Waals surface area contributed by atoms with E-state index in [0.29, 0.717) is 19.6 Å². The third-order valence-corrected chi connectivity index (χ3v) is 2.43. The summed E-state index contributed by atoms with van der Waals surface area (Å²) < 4.78 is 35.3. The summed E-state index contributed by atoms with van der Waals surface area (Å²) in [7, 11) is 0. The van der Waals surface area contributed by atoms with Crippen molar-refractivity contribution in [1.82, 2.24) is 4.90 Å². The van der Waals surface area contributed by atoms with Crippen molar-refractivity contribution in [2.45, 2.75) is 25.4 Å². The molecule has 0 atom stereocenters. The molecule has 0 saturated carbocycles. The number of hydrogen-bond donors (Lipinski definition) is 1. The van der Waals surface area contributed by atoms with Gasteiger partial charge in [0.2, 0.25) is 0 Å². The number of alkyl halides is 3. The lowest BCUT2D eigenvalue weighted by Gasteiger charge is -2.38. The maximum atomic E-state index is 11.8. The van der Waals surface area contributed by atoms with Crippen LogP contribution >= 0.6 is 0 Å². The van der Waals surface area contributed by atoms with Crippen LogP contribution in [0.1, 0.15) is 19.3 Å². The molecule has 1 aliphatic rings. The summed E-state index contributed by atoms with van der Waals surface area (Å²) in [6, 6.07) is 0. The number of nitrogens with zero attached hydrogens (tertiary/aromatic N) is 1. The molecule has 3 nitrogen and oxygen atoms in total. The average molecular weight is 225 g/mol. The molecule has 0 aromatic carbocycles. The van der Waals surface area contributed by atoms with Crippen molar-refractivity contribution >= 4 is 5.97 Å². The first-order valence-electron chi connectivity index (χ1n) is 4.88. The number of aliphatic carboxylic acids is 1. The SMILES string of the molecule is O=C(O)CC1CN(CCCC(F)(F)F)C1. The minimum Gasteiger partial charge on any atom is -0.481 e. The summed E-state index contributed by atoms with van der Waals surface area (Å²) in [5, 5.41) is 8.45. The molecule has 0 radical (unpaired) electrons. The quantitative estimate of drug-likeness (QED) is 0.774. The summed E-state index contributed by atoms with van der Waals surface area (Å²) in [6.45, 7) is 1.64. The maximum Gasteiger partial charge on any atom is 0.389 e. The van der Waals surface area contributed by atoms with Gasteiger partial charge in [-0.3, -0.25) is 4.79 Å². The van der Waals surface area contributed by atoms with Crippen LogP contribution in [0.5, 0.6) is 0 Å². The van der Waals surface area contributed by atoms with E-state index in [4.69, 9.17) is 5.11 Å². The molecular weight excluding hydrogens is 211 g/mol. The lowest BCUT2D eigenvalue weighted by molar-refractivity contribution is -0.140. The first kappa shape index (κ1) is 12.3. The molecule has 6 heteroatoms. The van der Waals surface area contributed by atoms with E-state index < -0.39 is 18.6 Å². The van der Waals surface area contributed by atoms with Crippen LogP contribution in [-0.2, 0) is 4.79 Å². The highest BCUT2D eigenvalue weighted by Gasteiger charge is 2.30. The third kappa shape index (κ3) is 5.01. The minimum atomic E-state index is -4.08. The molecule has 0 unspecified atom stereocenters. The van der Waals surface area contributed by atoms with Gasteiger partial charge in [-0.25, -0.2) is 0 Å². The van der Waals surface area contributed by atoms with Crippen molar-refractivity contribution in [3.05, 3.63) is 0 Å². The minimum absolute atomic E-state index is 0.100. The van der Waals surface area contributed by atoms with Crippen molar-refractivity contribution in [2.75, 3.05) is 19.6 Å². The van der Waals surface area contributed by atoms with E-state index in [1.165, 1.54) is 0 Å². The van der Waals surface area contributed by atoms with E-state index in [2.05, 4.69) is 0 Å². The van der Waals surface area contributed by atoms with Crippen molar-refractivity contribution in [3.63, 3.8) is 0 Å². The lowest BCUT2D eigenvalue weighted by Crippen LogP contribution is -2.47. The molecule has 0 aromatic heterocycles. The van der Waals surface area contributed by atoms with Crippen LogP contribution in [0.3, 0.4) is 0 Å². The van der Waals surface area contributed by atoms with Gasteiger partial charge < -0.3 is 10.0 Å². The van der Waals surface area contributed by atoms with Gasteiger partial charge in [0.15, 0.2) is 0 Å². The highest BCUT2D eigenvalue weighted by Crippen LogP contribution is 2.24. The van der Waals surface area contributed by atoms with Crippen LogP contribution in [-0.4, -0.2) is 41.8 Å². The molecule has 88 valence electrons. The van der Waals surface area contributed by atoms with Gasteiger partial charge in [-0.1, -0.05) is 0 Å². The molecule has 0 bridgehead atoms. The van der Waals surface area contributed by atoms with Gasteiger partial charge in [-0.05, 0) is 18.9 Å². The molecule has 0 aromatic rings. The second kappa shape index (κ2) is 4.83. The number of carbonyl (C=O) groups is 1. The Hall–Kier alpha value is -0.780. The molecule has 15 heavy (non-hydrogen) atoms. The Morgan fingerprint density at radius 2 is 2.00 bits per heavy atom. The summed E-state index contributed by atoms with van der Waals surface area (Å²) in [5.41, 5.74) is 0. The highest BCUT2D eigenvalue weighted by atomic mass is 19.4. The fraction of sp³-hybridized carbons (Fsp3) is 0.889. The van der Waals surface area contributed by atoms with Crippen LogP contribution in [0.4, 0.5) is 13.2 Å². The fourth-order valence-electron chi connectivity index (χ4n) is 1.74. The van der Waals surface area contributed by atoms with Gasteiger partial charge in [-0.15, -0.1) is 0 Å². The second-order valence-corrected chi connectivity index (χ2v) is 3.94. The highest BCUT2D eigenvalue weighted by molar-refractivity contribution is 5.67. The number of halogens is 3. The first-order chi connectivity index (χ1) is 6.87. The van der Waals surface area contributed by atoms with Crippen molar-refractivity contribution < 1.29 is 23.1 Å². The van der Waals surface area contributed by atoms with E-state index in [1.807, 2.05) is 4.90 Å². The van der Waals surface area contributed by atoms with Crippen molar-refractivity contribution in [1.29, 1.82) is 0 Å². The summed E-state index contributed by atoms with van der Waals surface area (Å²) in [5.74, 6) is -0.719. The molecule has 0 spiro atoms. The normalized spacial score (nSPS) is 18.9. The van der Waals surface area contributed by atoms with Crippen LogP contribution < -0.4 is 0 Å². The number of carboxylic acids is 1. The predicted octanol–water partition coefficient (Wildman–Crippen LogP) is 1.74. The van der Waals surface area contributed by atoms with E-state index >= 15 is 0 Å². The van der Waals surface area contributed by atoms with Crippen LogP contribution in [0.2, 0.25) is 0 Å². The van der Waals surface area contributed by atoms with Crippen molar-refractivity contribution in [2.24, 2.45) is 5.92 Å². The largest absolute Gasteiger partial charge is 0.481 e. The van der Waals surface area contributed by atoms with Crippen molar-refractivity contribution in [3.8, 4) is 0 Å². The Morgan fingerprint density at radius 3 is 2.47 bits per heavy atom. The number of hydrogen-bond acceptors (Lipinski definition) is 2. The van der Waals surface area contributed by atoms with Gasteiger partial charge in [0, 0.05) is 19.5 Å². The smallest absolute Gasteiger partial charge is 0.389 e. The number of rotatable bonds is 5. The predicted molar refractivity (Wildman–Crippen MR) is 47.5 cm³/mol. The summed E-state index contributed by atoms with van der Waals surface area (Å²) in [4.78, 5) is 12.1. The van der Waals surface area contributed by atoms with Gasteiger partial charge in [0.05, 0.1) is 6.42 Å². The number of likely N-dealkylation sites (tertiary alicyclic amines) is 1. The zero-order chi connectivity index (χ0) is 11.5. The number of carboxylic acid groups (broad SMARTS) is 1. The maximum absolute atomic E-state index is 11.8. The second-order valence-electron chi connectivity index (χ2n) is 3.94. The van der Waals surface area contributed by atoms with Crippen LogP contribution in [0.15, 0.2) is 0 Å². The molecule has 1 saturated heterocycles.